The van der Waals surface area contributed by atoms with E-state index < -0.39 is 0 Å². The van der Waals surface area contributed by atoms with Gasteiger partial charge in [0.05, 0.1) is 5.39 Å². The van der Waals surface area contributed by atoms with Crippen molar-refractivity contribution in [3.8, 4) is 0 Å². The zero-order valence-corrected chi connectivity index (χ0v) is 12.0. The van der Waals surface area contributed by atoms with Gasteiger partial charge in [0.25, 0.3) is 0 Å². The minimum Gasteiger partial charge on any atom is -0.356 e. The molecule has 0 bridgehead atoms. The fourth-order valence-electron chi connectivity index (χ4n) is 2.45. The van der Waals surface area contributed by atoms with Crippen molar-refractivity contribution in [3.05, 3.63) is 16.2 Å². The molecule has 3 nitrogen and oxygen atoms in total. The van der Waals surface area contributed by atoms with Crippen molar-refractivity contribution in [2.24, 2.45) is 0 Å². The molecule has 1 saturated heterocycles. The molecule has 0 aromatic carbocycles. The Morgan fingerprint density at radius 3 is 2.78 bits per heavy atom. The van der Waals surface area contributed by atoms with E-state index in [1.54, 1.807) is 11.3 Å². The Morgan fingerprint density at radius 1 is 1.28 bits per heavy atom. The lowest BCUT2D eigenvalue weighted by atomic mass is 10.1. The van der Waals surface area contributed by atoms with Crippen LogP contribution in [-0.4, -0.2) is 23.1 Å². The van der Waals surface area contributed by atoms with Crippen molar-refractivity contribution in [2.45, 2.75) is 32.6 Å². The maximum absolute atomic E-state index is 6.05. The molecule has 0 unspecified atom stereocenters. The predicted octanol–water partition coefficient (Wildman–Crippen LogP) is 3.90. The highest BCUT2D eigenvalue weighted by molar-refractivity contribution is 7.18. The van der Waals surface area contributed by atoms with E-state index in [-0.39, 0.29) is 0 Å². The van der Waals surface area contributed by atoms with E-state index in [9.17, 15) is 0 Å². The van der Waals surface area contributed by atoms with E-state index in [1.807, 2.05) is 0 Å². The lowest BCUT2D eigenvalue weighted by molar-refractivity contribution is 0.574. The third-order valence-electron chi connectivity index (χ3n) is 3.40. The molecule has 3 rings (SSSR count). The minimum absolute atomic E-state index is 0.368. The number of hydrogen-bond donors (Lipinski definition) is 0. The fourth-order valence-corrected chi connectivity index (χ4v) is 3.63. The molecule has 3 heterocycles. The largest absolute Gasteiger partial charge is 0.356 e. The Balaban J connectivity index is 2.10. The molecular weight excluding hydrogens is 266 g/mol. The van der Waals surface area contributed by atoms with Gasteiger partial charge in [0.2, 0.25) is 5.28 Å². The number of rotatable bonds is 2. The van der Waals surface area contributed by atoms with E-state index in [1.165, 1.54) is 29.5 Å². The molecule has 18 heavy (non-hydrogen) atoms. The van der Waals surface area contributed by atoms with Gasteiger partial charge in [-0.1, -0.05) is 6.92 Å². The summed E-state index contributed by atoms with van der Waals surface area (Å²) in [6, 6.07) is 2.22. The summed E-state index contributed by atoms with van der Waals surface area (Å²) in [4.78, 5) is 13.5. The first-order valence-electron chi connectivity index (χ1n) is 6.49. The number of nitrogens with zero attached hydrogens (tertiary/aromatic N) is 3. The molecule has 2 aromatic heterocycles. The number of anilines is 1. The second kappa shape index (κ2) is 5.02. The van der Waals surface area contributed by atoms with Gasteiger partial charge in [-0.25, -0.2) is 4.98 Å². The SMILES string of the molecule is CCc1cc2c(N3CCCCC3)nc(Cl)nc2s1. The van der Waals surface area contributed by atoms with Crippen LogP contribution in [0.15, 0.2) is 6.07 Å². The van der Waals surface area contributed by atoms with Gasteiger partial charge >= 0.3 is 0 Å². The summed E-state index contributed by atoms with van der Waals surface area (Å²) in [5.41, 5.74) is 0. The van der Waals surface area contributed by atoms with Crippen LogP contribution in [0.2, 0.25) is 5.28 Å². The average molecular weight is 282 g/mol. The third kappa shape index (κ3) is 2.19. The number of aromatic nitrogens is 2. The molecule has 0 radical (unpaired) electrons. The van der Waals surface area contributed by atoms with Crippen molar-refractivity contribution in [1.29, 1.82) is 0 Å². The van der Waals surface area contributed by atoms with Gasteiger partial charge in [0.15, 0.2) is 0 Å². The molecule has 0 N–H and O–H groups in total. The van der Waals surface area contributed by atoms with Gasteiger partial charge in [0, 0.05) is 18.0 Å². The van der Waals surface area contributed by atoms with Gasteiger partial charge in [-0.2, -0.15) is 4.98 Å². The molecule has 1 aliphatic heterocycles. The van der Waals surface area contributed by atoms with Crippen molar-refractivity contribution >= 4 is 39.0 Å². The van der Waals surface area contributed by atoms with Gasteiger partial charge in [-0.3, -0.25) is 0 Å². The molecule has 1 aliphatic rings. The van der Waals surface area contributed by atoms with Crippen LogP contribution in [0.4, 0.5) is 5.82 Å². The topological polar surface area (TPSA) is 29.0 Å². The summed E-state index contributed by atoms with van der Waals surface area (Å²) in [6.45, 7) is 4.33. The first-order chi connectivity index (χ1) is 8.78. The number of halogens is 1. The molecule has 0 spiro atoms. The summed E-state index contributed by atoms with van der Waals surface area (Å²) in [5, 5.41) is 1.54. The van der Waals surface area contributed by atoms with Crippen LogP contribution in [0, 0.1) is 0 Å². The van der Waals surface area contributed by atoms with Crippen LogP contribution < -0.4 is 4.90 Å². The standard InChI is InChI=1S/C13H16ClN3S/c1-2-9-8-10-11(17-6-4-3-5-7-17)15-13(14)16-12(10)18-9/h8H,2-7H2,1H3. The molecule has 1 fully saturated rings. The van der Waals surface area contributed by atoms with Gasteiger partial charge in [0.1, 0.15) is 10.6 Å². The van der Waals surface area contributed by atoms with Crippen LogP contribution in [0.25, 0.3) is 10.2 Å². The van der Waals surface area contributed by atoms with Crippen LogP contribution >= 0.6 is 22.9 Å². The minimum atomic E-state index is 0.368. The average Bonchev–Trinajstić information content (AvgIpc) is 2.81. The Labute approximate surface area is 116 Å². The molecule has 0 atom stereocenters. The molecule has 0 amide bonds. The highest BCUT2D eigenvalue weighted by Crippen LogP contribution is 2.33. The Morgan fingerprint density at radius 2 is 2.06 bits per heavy atom. The zero-order chi connectivity index (χ0) is 12.5. The number of piperidine rings is 1. The molecule has 2 aromatic rings. The molecule has 96 valence electrons. The van der Waals surface area contributed by atoms with Crippen molar-refractivity contribution < 1.29 is 0 Å². The number of aryl methyl sites for hydroxylation is 1. The highest BCUT2D eigenvalue weighted by Gasteiger charge is 2.18. The lowest BCUT2D eigenvalue weighted by Gasteiger charge is -2.28. The molecule has 5 heteroatoms. The molecular formula is C13H16ClN3S. The van der Waals surface area contributed by atoms with Gasteiger partial charge < -0.3 is 4.90 Å². The summed E-state index contributed by atoms with van der Waals surface area (Å²) < 4.78 is 0. The van der Waals surface area contributed by atoms with Crippen LogP contribution in [0.1, 0.15) is 31.1 Å². The smallest absolute Gasteiger partial charge is 0.225 e. The van der Waals surface area contributed by atoms with Gasteiger partial charge in [-0.05, 0) is 43.4 Å². The quantitative estimate of drug-likeness (QED) is 0.782. The lowest BCUT2D eigenvalue weighted by Crippen LogP contribution is -2.30. The van der Waals surface area contributed by atoms with E-state index in [0.29, 0.717) is 5.28 Å². The number of thiophene rings is 1. The van der Waals surface area contributed by atoms with E-state index >= 15 is 0 Å². The second-order valence-electron chi connectivity index (χ2n) is 4.65. The Hall–Kier alpha value is -0.870. The second-order valence-corrected chi connectivity index (χ2v) is 6.10. The maximum Gasteiger partial charge on any atom is 0.225 e. The first kappa shape index (κ1) is 12.2. The van der Waals surface area contributed by atoms with Crippen LogP contribution in [-0.2, 0) is 6.42 Å². The van der Waals surface area contributed by atoms with E-state index in [4.69, 9.17) is 11.6 Å². The van der Waals surface area contributed by atoms with E-state index in [2.05, 4.69) is 27.9 Å². The van der Waals surface area contributed by atoms with Crippen molar-refractivity contribution in [2.75, 3.05) is 18.0 Å². The maximum atomic E-state index is 6.05. The third-order valence-corrected chi connectivity index (χ3v) is 4.74. The fraction of sp³-hybridized carbons (Fsp3) is 0.538. The number of hydrogen-bond acceptors (Lipinski definition) is 4. The molecule has 0 saturated carbocycles. The Bertz CT molecular complexity index is 561. The van der Waals surface area contributed by atoms with E-state index in [0.717, 1.165) is 30.2 Å². The zero-order valence-electron chi connectivity index (χ0n) is 10.4. The number of fused-ring (bicyclic) bond motifs is 1. The summed E-state index contributed by atoms with van der Waals surface area (Å²) in [7, 11) is 0. The normalized spacial score (nSPS) is 16.4. The monoisotopic (exact) mass is 281 g/mol. The first-order valence-corrected chi connectivity index (χ1v) is 7.68. The van der Waals surface area contributed by atoms with Crippen molar-refractivity contribution in [1.82, 2.24) is 9.97 Å². The Kier molecular flexibility index (Phi) is 3.39. The van der Waals surface area contributed by atoms with Crippen molar-refractivity contribution in [3.63, 3.8) is 0 Å². The highest BCUT2D eigenvalue weighted by atomic mass is 35.5. The summed E-state index contributed by atoms with van der Waals surface area (Å²) in [5.74, 6) is 1.03. The summed E-state index contributed by atoms with van der Waals surface area (Å²) >= 11 is 7.78. The molecule has 0 aliphatic carbocycles. The van der Waals surface area contributed by atoms with Crippen LogP contribution in [0.3, 0.4) is 0 Å². The predicted molar refractivity (Wildman–Crippen MR) is 77.9 cm³/mol. The van der Waals surface area contributed by atoms with Gasteiger partial charge in [-0.15, -0.1) is 11.3 Å². The summed E-state index contributed by atoms with van der Waals surface area (Å²) in [6.07, 6.45) is 4.85. The van der Waals surface area contributed by atoms with Crippen LogP contribution in [0.5, 0.6) is 0 Å².